The van der Waals surface area contributed by atoms with Crippen molar-refractivity contribution in [3.63, 3.8) is 0 Å². The molecule has 0 aliphatic carbocycles. The van der Waals surface area contributed by atoms with E-state index in [4.69, 9.17) is 5.11 Å². The maximum Gasteiger partial charge on any atom is 0.326 e. The van der Waals surface area contributed by atoms with Crippen molar-refractivity contribution in [3.8, 4) is 0 Å². The van der Waals surface area contributed by atoms with Crippen molar-refractivity contribution in [3.05, 3.63) is 29.8 Å². The van der Waals surface area contributed by atoms with E-state index in [0.717, 1.165) is 0 Å². The van der Waals surface area contributed by atoms with Gasteiger partial charge in [-0.3, -0.25) is 58.0 Å². The highest BCUT2D eigenvalue weighted by atomic mass is 16.4. The van der Waals surface area contributed by atoms with E-state index in [1.807, 2.05) is 5.32 Å². The normalized spacial score (nSPS) is 16.9. The molecule has 1 saturated heterocycles. The minimum Gasteiger partial charge on any atom is -0.481 e. The number of nitrogens with one attached hydrogen (secondary N) is 5. The fourth-order valence-electron chi connectivity index (χ4n) is 7.49. The Kier molecular flexibility index (Phi) is 26.7. The van der Waals surface area contributed by atoms with E-state index in [-0.39, 0.29) is 96.8 Å². The van der Waals surface area contributed by atoms with Crippen LogP contribution in [-0.4, -0.2) is 241 Å². The van der Waals surface area contributed by atoms with E-state index in [0.29, 0.717) is 11.8 Å². The van der Waals surface area contributed by atoms with Gasteiger partial charge in [0.05, 0.1) is 39.0 Å². The molecule has 0 aromatic heterocycles. The summed E-state index contributed by atoms with van der Waals surface area (Å²) in [5.41, 5.74) is 0.791. The molecule has 0 bridgehead atoms. The van der Waals surface area contributed by atoms with Crippen LogP contribution in [0.1, 0.15) is 50.5 Å². The molecular weight excluding hydrogens is 963 g/mol. The Labute approximate surface area is 411 Å². The molecule has 1 aromatic rings. The Morgan fingerprint density at radius 1 is 0.556 bits per heavy atom. The lowest BCUT2D eigenvalue weighted by atomic mass is 10.0. The van der Waals surface area contributed by atoms with Crippen molar-refractivity contribution in [1.29, 1.82) is 0 Å². The minimum atomic E-state index is -1.72. The van der Waals surface area contributed by atoms with Gasteiger partial charge in [-0.2, -0.15) is 0 Å². The SMILES string of the molecule is O=CCN1CCN(CC(=O)O)CCN(CC(=O)O)CC(Cc2ccc(N[C@H](CC(=O)O)C(=O)N[C@H](CC(=O)O)C(=O)NCCCC[C@H](NC(=O)N[C@@H](CCC(=O)O)C(=O)O)C(=O)O)cc2)N(CC(=O)O)CC1. The monoisotopic (exact) mass is 1030 g/mol. The van der Waals surface area contributed by atoms with Crippen LogP contribution >= 0.6 is 0 Å². The summed E-state index contributed by atoms with van der Waals surface area (Å²) in [7, 11) is 0. The third kappa shape index (κ3) is 24.9. The number of rotatable bonds is 31. The zero-order valence-electron chi connectivity index (χ0n) is 39.2. The van der Waals surface area contributed by atoms with Crippen LogP contribution in [0.2, 0.25) is 0 Å². The van der Waals surface area contributed by atoms with E-state index >= 15 is 0 Å². The lowest BCUT2D eigenvalue weighted by Crippen LogP contribution is -2.53. The van der Waals surface area contributed by atoms with Gasteiger partial charge in [0.1, 0.15) is 30.5 Å². The molecule has 4 amide bonds. The fraction of sp³-hybridized carbons (Fsp3) is 0.581. The summed E-state index contributed by atoms with van der Waals surface area (Å²) in [6.45, 7) is -0.298. The number of unbranched alkanes of at least 4 members (excludes halogenated alkanes) is 1. The maximum atomic E-state index is 13.5. The number of hydrogen-bond acceptors (Lipinski definition) is 17. The van der Waals surface area contributed by atoms with E-state index < -0.39 is 135 Å². The van der Waals surface area contributed by atoms with Gasteiger partial charge in [0.15, 0.2) is 0 Å². The molecule has 13 N–H and O–H groups in total. The molecular formula is C43H63N9O20. The second kappa shape index (κ2) is 31.7. The summed E-state index contributed by atoms with van der Waals surface area (Å²) in [6, 6.07) is -2.15. The summed E-state index contributed by atoms with van der Waals surface area (Å²) in [6.07, 6.45) is -2.15. The predicted octanol–water partition coefficient (Wildman–Crippen LogP) is -3.16. The van der Waals surface area contributed by atoms with Crippen molar-refractivity contribution in [2.24, 2.45) is 0 Å². The van der Waals surface area contributed by atoms with Gasteiger partial charge >= 0.3 is 53.8 Å². The number of carboxylic acids is 8. The third-order valence-electron chi connectivity index (χ3n) is 11.1. The first-order valence-electron chi connectivity index (χ1n) is 22.6. The van der Waals surface area contributed by atoms with Crippen LogP contribution in [0.3, 0.4) is 0 Å². The van der Waals surface area contributed by atoms with Crippen molar-refractivity contribution < 1.29 is 98.4 Å². The lowest BCUT2D eigenvalue weighted by Gasteiger charge is -2.37. The number of hydrogen-bond donors (Lipinski definition) is 13. The molecule has 29 heteroatoms. The summed E-state index contributed by atoms with van der Waals surface area (Å²) in [5.74, 6) is -12.8. The molecule has 1 unspecified atom stereocenters. The zero-order chi connectivity index (χ0) is 53.9. The molecule has 1 aliphatic rings. The van der Waals surface area contributed by atoms with Crippen LogP contribution in [0.15, 0.2) is 24.3 Å². The maximum absolute atomic E-state index is 13.5. The number of amides is 4. The Hall–Kier alpha value is -7.50. The highest BCUT2D eigenvalue weighted by molar-refractivity contribution is 5.94. The second-order valence-electron chi connectivity index (χ2n) is 16.8. The average Bonchev–Trinajstić information content (AvgIpc) is 3.27. The van der Waals surface area contributed by atoms with Gasteiger partial charge in [-0.05, 0) is 49.8 Å². The molecule has 0 saturated carbocycles. The smallest absolute Gasteiger partial charge is 0.326 e. The standard InChI is InChI=1S/C43H63N9O20/c53-18-17-49-11-12-50(23-36(60)61)13-14-51(24-37(62)63)22-28(52(16-15-49)25-38(64)65)19-26-4-6-27(7-5-26)45-32(21-35(58)59)40(67)46-31(20-34(56)57)39(66)44-10-2-1-3-29(41(68)69)47-43(72)48-30(42(70)71)8-9-33(54)55/h4-7,18,28-32,45H,1-3,8-17,19-25H2,(H,44,66)(H,46,67)(H,54,55)(H,56,57)(H,58,59)(H,60,61)(H,62,63)(H,64,65)(H,68,69)(H,70,71)(H2,47,48,72)/t28?,29-,30-,31+,32+/m0/s1. The summed E-state index contributed by atoms with van der Waals surface area (Å²) >= 11 is 0. The van der Waals surface area contributed by atoms with Gasteiger partial charge in [0.2, 0.25) is 11.8 Å². The Bertz CT molecular complexity index is 2060. The van der Waals surface area contributed by atoms with Crippen LogP contribution < -0.4 is 26.6 Å². The second-order valence-corrected chi connectivity index (χ2v) is 16.8. The van der Waals surface area contributed by atoms with Crippen molar-refractivity contribution >= 4 is 77.6 Å². The van der Waals surface area contributed by atoms with Crippen LogP contribution in [-0.2, 0) is 59.2 Å². The van der Waals surface area contributed by atoms with Crippen LogP contribution in [0.4, 0.5) is 10.5 Å². The first-order chi connectivity index (χ1) is 33.9. The lowest BCUT2D eigenvalue weighted by molar-refractivity contribution is -0.142. The van der Waals surface area contributed by atoms with Gasteiger partial charge in [0.25, 0.3) is 0 Å². The zero-order valence-corrected chi connectivity index (χ0v) is 39.2. The minimum absolute atomic E-state index is 0.00800. The Morgan fingerprint density at radius 2 is 1.08 bits per heavy atom. The number of carbonyl (C=O) groups excluding carboxylic acids is 4. The predicted molar refractivity (Wildman–Crippen MR) is 246 cm³/mol. The molecule has 1 aliphatic heterocycles. The van der Waals surface area contributed by atoms with Crippen LogP contribution in [0.5, 0.6) is 0 Å². The largest absolute Gasteiger partial charge is 0.481 e. The average molecular weight is 1030 g/mol. The summed E-state index contributed by atoms with van der Waals surface area (Å²) in [4.78, 5) is 150. The Morgan fingerprint density at radius 3 is 1.62 bits per heavy atom. The Balaban J connectivity index is 2.20. The quantitative estimate of drug-likeness (QED) is 0.0258. The first kappa shape index (κ1) is 60.6. The van der Waals surface area contributed by atoms with Gasteiger partial charge in [-0.1, -0.05) is 12.1 Å². The van der Waals surface area contributed by atoms with Gasteiger partial charge in [0, 0.05) is 70.5 Å². The number of nitrogens with zero attached hydrogens (tertiary/aromatic N) is 4. The molecule has 5 atom stereocenters. The van der Waals surface area contributed by atoms with Crippen molar-refractivity contribution in [2.45, 2.75) is 81.6 Å². The van der Waals surface area contributed by atoms with Gasteiger partial charge in [-0.25, -0.2) is 14.4 Å². The van der Waals surface area contributed by atoms with E-state index in [1.54, 1.807) is 31.7 Å². The topological polar surface area (TPSA) is 440 Å². The van der Waals surface area contributed by atoms with Gasteiger partial charge in [-0.15, -0.1) is 0 Å². The van der Waals surface area contributed by atoms with Crippen molar-refractivity contribution in [1.82, 2.24) is 40.9 Å². The first-order valence-corrected chi connectivity index (χ1v) is 22.6. The van der Waals surface area contributed by atoms with Gasteiger partial charge < -0.3 is 72.2 Å². The summed E-state index contributed by atoms with van der Waals surface area (Å²) in [5, 5.41) is 87.3. The van der Waals surface area contributed by atoms with E-state index in [1.165, 1.54) is 12.1 Å². The highest BCUT2D eigenvalue weighted by Gasteiger charge is 2.31. The van der Waals surface area contributed by atoms with Crippen LogP contribution in [0.25, 0.3) is 0 Å². The molecule has 0 spiro atoms. The van der Waals surface area contributed by atoms with Crippen molar-refractivity contribution in [2.75, 3.05) is 83.9 Å². The number of aldehydes is 1. The number of anilines is 1. The number of carbonyl (C=O) groups is 12. The summed E-state index contributed by atoms with van der Waals surface area (Å²) < 4.78 is 0. The fourth-order valence-corrected chi connectivity index (χ4v) is 7.49. The molecule has 1 fully saturated rings. The number of aliphatic carboxylic acids is 8. The van der Waals surface area contributed by atoms with Crippen LogP contribution in [0, 0.1) is 0 Å². The molecule has 1 heterocycles. The molecule has 1 aromatic carbocycles. The van der Waals surface area contributed by atoms with E-state index in [2.05, 4.69) is 21.3 Å². The molecule has 2 rings (SSSR count). The number of carboxylic acid groups (broad SMARTS) is 8. The molecule has 29 nitrogen and oxygen atoms in total. The number of benzene rings is 1. The molecule has 400 valence electrons. The number of urea groups is 1. The highest BCUT2D eigenvalue weighted by Crippen LogP contribution is 2.18. The molecule has 72 heavy (non-hydrogen) atoms. The molecule has 0 radical (unpaired) electrons. The third-order valence-corrected chi connectivity index (χ3v) is 11.1. The van der Waals surface area contributed by atoms with E-state index in [9.17, 15) is 93.3 Å².